The highest BCUT2D eigenvalue weighted by molar-refractivity contribution is 7.17. The third kappa shape index (κ3) is 7.81. The highest BCUT2D eigenvalue weighted by Gasteiger charge is 2.25. The van der Waals surface area contributed by atoms with E-state index in [1.807, 2.05) is 18.4 Å². The molecule has 1 amide bonds. The Hall–Kier alpha value is -2.64. The Morgan fingerprint density at radius 2 is 2.00 bits per heavy atom. The molecular weight excluding hydrogens is 582 g/mol. The third-order valence-electron chi connectivity index (χ3n) is 7.48. The number of ether oxygens (including phenoxy) is 1. The summed E-state index contributed by atoms with van der Waals surface area (Å²) in [7, 11) is 0. The van der Waals surface area contributed by atoms with Crippen molar-refractivity contribution >= 4 is 57.1 Å². The maximum atomic E-state index is 13.1. The number of carbonyl (C=O) groups excluding carboxylic acids is 2. The first-order chi connectivity index (χ1) is 19.9. The van der Waals surface area contributed by atoms with Gasteiger partial charge in [0.05, 0.1) is 34.6 Å². The Labute approximate surface area is 253 Å². The van der Waals surface area contributed by atoms with Gasteiger partial charge in [0, 0.05) is 55.4 Å². The van der Waals surface area contributed by atoms with Gasteiger partial charge >= 0.3 is 5.97 Å². The molecule has 0 spiro atoms. The molecule has 1 N–H and O–H groups in total. The molecule has 13 heteroatoms. The quantitative estimate of drug-likeness (QED) is 0.297. The van der Waals surface area contributed by atoms with Crippen molar-refractivity contribution in [3.8, 4) is 10.6 Å². The molecule has 1 unspecified atom stereocenters. The molecule has 0 aromatic carbocycles. The van der Waals surface area contributed by atoms with E-state index < -0.39 is 0 Å². The van der Waals surface area contributed by atoms with Crippen molar-refractivity contribution in [3.63, 3.8) is 0 Å². The zero-order chi connectivity index (χ0) is 28.8. The lowest BCUT2D eigenvalue weighted by Gasteiger charge is -2.35. The number of rotatable bonds is 11. The minimum Gasteiger partial charge on any atom is -0.466 e. The second-order valence-electron chi connectivity index (χ2n) is 10.3. The number of hydrogen-bond acceptors (Lipinski definition) is 11. The average Bonchev–Trinajstić information content (AvgIpc) is 3.69. The molecule has 0 radical (unpaired) electrons. The number of amides is 1. The number of thiophene rings is 1. The van der Waals surface area contributed by atoms with Crippen LogP contribution in [-0.4, -0.2) is 88.5 Å². The number of carbonyl (C=O) groups is 2. The number of thiazole rings is 1. The second kappa shape index (κ2) is 14.0. The standard InChI is InChI=1S/C28H36ClN7O3S2/c1-3-39-25(37)7-5-8-34-10-12-35(13-11-34)24-16-30-21(15-31-24)27(38)33-28-32-26(22-14-20(29)18-40-22)23(41-28)17-36-9-4-6-19(36)2/h14-16,18-19H,3-13,17H2,1-2H3,(H,32,33,38). The number of nitrogens with one attached hydrogen (secondary N) is 1. The molecule has 2 aliphatic rings. The van der Waals surface area contributed by atoms with Crippen LogP contribution in [0.25, 0.3) is 10.6 Å². The Balaban J connectivity index is 1.17. The maximum Gasteiger partial charge on any atom is 0.305 e. The van der Waals surface area contributed by atoms with E-state index in [2.05, 4.69) is 36.9 Å². The van der Waals surface area contributed by atoms with Crippen molar-refractivity contribution in [1.82, 2.24) is 24.8 Å². The lowest BCUT2D eigenvalue weighted by molar-refractivity contribution is -0.143. The molecule has 220 valence electrons. The number of aromatic nitrogens is 3. The molecule has 0 saturated carbocycles. The smallest absolute Gasteiger partial charge is 0.305 e. The average molecular weight is 618 g/mol. The van der Waals surface area contributed by atoms with Gasteiger partial charge in [0.2, 0.25) is 0 Å². The van der Waals surface area contributed by atoms with Gasteiger partial charge in [-0.2, -0.15) is 0 Å². The van der Waals surface area contributed by atoms with Crippen molar-refractivity contribution < 1.29 is 14.3 Å². The van der Waals surface area contributed by atoms with E-state index in [-0.39, 0.29) is 17.6 Å². The molecular formula is C28H36ClN7O3S2. The summed E-state index contributed by atoms with van der Waals surface area (Å²) >= 11 is 9.27. The molecule has 2 saturated heterocycles. The zero-order valence-electron chi connectivity index (χ0n) is 23.5. The normalized spacial score (nSPS) is 18.1. The lowest BCUT2D eigenvalue weighted by Crippen LogP contribution is -2.47. The van der Waals surface area contributed by atoms with Gasteiger partial charge in [-0.25, -0.2) is 15.0 Å². The minimum absolute atomic E-state index is 0.134. The second-order valence-corrected chi connectivity index (χ2v) is 12.8. The van der Waals surface area contributed by atoms with E-state index in [1.165, 1.54) is 30.4 Å². The first-order valence-corrected chi connectivity index (χ1v) is 16.2. The summed E-state index contributed by atoms with van der Waals surface area (Å²) < 4.78 is 5.00. The Kier molecular flexibility index (Phi) is 10.2. The van der Waals surface area contributed by atoms with Gasteiger partial charge in [0.1, 0.15) is 11.5 Å². The van der Waals surface area contributed by atoms with Crippen molar-refractivity contribution in [3.05, 3.63) is 39.4 Å². The van der Waals surface area contributed by atoms with E-state index in [0.29, 0.717) is 29.2 Å². The van der Waals surface area contributed by atoms with Gasteiger partial charge < -0.3 is 9.64 Å². The van der Waals surface area contributed by atoms with Gasteiger partial charge in [0.25, 0.3) is 5.91 Å². The topological polar surface area (TPSA) is 104 Å². The van der Waals surface area contributed by atoms with Crippen LogP contribution in [0.5, 0.6) is 0 Å². The number of hydrogen-bond donors (Lipinski definition) is 1. The van der Waals surface area contributed by atoms with E-state index in [4.69, 9.17) is 21.3 Å². The molecule has 0 aliphatic carbocycles. The van der Waals surface area contributed by atoms with Crippen LogP contribution < -0.4 is 10.2 Å². The van der Waals surface area contributed by atoms with Gasteiger partial charge in [0.15, 0.2) is 5.13 Å². The van der Waals surface area contributed by atoms with E-state index in [1.54, 1.807) is 17.5 Å². The third-order valence-corrected chi connectivity index (χ3v) is 9.72. The monoisotopic (exact) mass is 617 g/mol. The van der Waals surface area contributed by atoms with Gasteiger partial charge in [-0.15, -0.1) is 11.3 Å². The van der Waals surface area contributed by atoms with Gasteiger partial charge in [-0.1, -0.05) is 22.9 Å². The van der Waals surface area contributed by atoms with E-state index >= 15 is 0 Å². The fraction of sp³-hybridized carbons (Fsp3) is 0.536. The highest BCUT2D eigenvalue weighted by Crippen LogP contribution is 2.37. The first kappa shape index (κ1) is 29.8. The van der Waals surface area contributed by atoms with Crippen LogP contribution in [-0.2, 0) is 16.1 Å². The highest BCUT2D eigenvalue weighted by atomic mass is 35.5. The summed E-state index contributed by atoms with van der Waals surface area (Å²) in [6.45, 7) is 10.6. The molecule has 41 heavy (non-hydrogen) atoms. The summed E-state index contributed by atoms with van der Waals surface area (Å²) in [6.07, 6.45) is 6.83. The largest absolute Gasteiger partial charge is 0.466 e. The van der Waals surface area contributed by atoms with Crippen molar-refractivity contribution in [2.24, 2.45) is 0 Å². The number of nitrogens with zero attached hydrogens (tertiary/aromatic N) is 6. The number of halogens is 1. The Morgan fingerprint density at radius 1 is 1.17 bits per heavy atom. The molecule has 1 atom stereocenters. The maximum absolute atomic E-state index is 13.1. The summed E-state index contributed by atoms with van der Waals surface area (Å²) in [5.41, 5.74) is 1.12. The van der Waals surface area contributed by atoms with E-state index in [0.717, 1.165) is 73.5 Å². The summed E-state index contributed by atoms with van der Waals surface area (Å²) in [5.74, 6) is 0.285. The summed E-state index contributed by atoms with van der Waals surface area (Å²) in [4.78, 5) is 47.4. The van der Waals surface area contributed by atoms with Crippen LogP contribution in [0.1, 0.15) is 54.9 Å². The molecule has 3 aromatic heterocycles. The predicted octanol–water partition coefficient (Wildman–Crippen LogP) is 5.02. The molecule has 3 aromatic rings. The van der Waals surface area contributed by atoms with Crippen LogP contribution in [0.4, 0.5) is 10.9 Å². The number of anilines is 2. The van der Waals surface area contributed by atoms with Gasteiger partial charge in [-0.05, 0) is 52.3 Å². The Bertz CT molecular complexity index is 1320. The van der Waals surface area contributed by atoms with E-state index in [9.17, 15) is 9.59 Å². The van der Waals surface area contributed by atoms with Crippen LogP contribution in [0.3, 0.4) is 0 Å². The van der Waals surface area contributed by atoms with Crippen molar-refractivity contribution in [2.45, 2.75) is 52.1 Å². The Morgan fingerprint density at radius 3 is 2.66 bits per heavy atom. The fourth-order valence-corrected chi connectivity index (χ4v) is 7.35. The van der Waals surface area contributed by atoms with Gasteiger partial charge in [-0.3, -0.25) is 24.7 Å². The van der Waals surface area contributed by atoms with Crippen LogP contribution in [0.2, 0.25) is 5.02 Å². The SMILES string of the molecule is CCOC(=O)CCCN1CCN(c2cnc(C(=O)Nc3nc(-c4cc(Cl)cs4)c(CN4CCCC4C)s3)cn2)CC1. The molecule has 2 aliphatic heterocycles. The number of likely N-dealkylation sites (tertiary alicyclic amines) is 1. The van der Waals surface area contributed by atoms with Crippen molar-refractivity contribution in [2.75, 3.05) is 56.1 Å². The summed E-state index contributed by atoms with van der Waals surface area (Å²) in [6, 6.07) is 2.46. The van der Waals surface area contributed by atoms with Crippen LogP contribution in [0, 0.1) is 0 Å². The molecule has 2 fully saturated rings. The van der Waals surface area contributed by atoms with Crippen molar-refractivity contribution in [1.29, 1.82) is 0 Å². The number of piperazine rings is 1. The fourth-order valence-electron chi connectivity index (χ4n) is 5.20. The first-order valence-electron chi connectivity index (χ1n) is 14.1. The zero-order valence-corrected chi connectivity index (χ0v) is 25.9. The van der Waals surface area contributed by atoms with Crippen LogP contribution in [0.15, 0.2) is 23.8 Å². The lowest BCUT2D eigenvalue weighted by atomic mass is 10.2. The number of esters is 1. The van der Waals surface area contributed by atoms with Crippen LogP contribution >= 0.6 is 34.3 Å². The summed E-state index contributed by atoms with van der Waals surface area (Å²) in [5, 5.41) is 6.07. The predicted molar refractivity (Wildman–Crippen MR) is 164 cm³/mol. The minimum atomic E-state index is -0.332. The molecule has 5 rings (SSSR count). The molecule has 10 nitrogen and oxygen atoms in total. The molecule has 5 heterocycles. The molecule has 0 bridgehead atoms.